The number of carboxylic acids is 1. The van der Waals surface area contributed by atoms with Gasteiger partial charge in [0.05, 0.1) is 5.69 Å². The SMILES string of the molecule is CC(=O)NC(CSN=Nc1ccc(C)cc1)C(=O)O. The summed E-state index contributed by atoms with van der Waals surface area (Å²) in [5.41, 5.74) is 1.83. The second-order valence-electron chi connectivity index (χ2n) is 3.90. The molecule has 0 bridgehead atoms. The van der Waals surface area contributed by atoms with Crippen molar-refractivity contribution in [3.8, 4) is 0 Å². The highest BCUT2D eigenvalue weighted by molar-refractivity contribution is 7.97. The predicted molar refractivity (Wildman–Crippen MR) is 73.4 cm³/mol. The fourth-order valence-corrected chi connectivity index (χ4v) is 1.81. The molecule has 0 saturated heterocycles. The van der Waals surface area contributed by atoms with Gasteiger partial charge < -0.3 is 10.4 Å². The molecule has 19 heavy (non-hydrogen) atoms. The van der Waals surface area contributed by atoms with E-state index in [-0.39, 0.29) is 11.7 Å². The molecule has 1 atom stereocenters. The first kappa shape index (κ1) is 15.2. The minimum Gasteiger partial charge on any atom is -0.480 e. The normalized spacial score (nSPS) is 12.3. The van der Waals surface area contributed by atoms with Gasteiger partial charge in [0.1, 0.15) is 6.04 Å². The van der Waals surface area contributed by atoms with Crippen molar-refractivity contribution >= 4 is 29.5 Å². The summed E-state index contributed by atoms with van der Waals surface area (Å²) in [6.07, 6.45) is 0. The van der Waals surface area contributed by atoms with Gasteiger partial charge in [-0.3, -0.25) is 4.79 Å². The van der Waals surface area contributed by atoms with Gasteiger partial charge in [-0.25, -0.2) is 4.79 Å². The van der Waals surface area contributed by atoms with Crippen LogP contribution in [0.2, 0.25) is 0 Å². The standard InChI is InChI=1S/C12H15N3O3S/c1-8-3-5-10(6-4-8)14-15-19-7-11(12(17)18)13-9(2)16/h3-6,11H,7H2,1-2H3,(H,13,16)(H,17,18). The lowest BCUT2D eigenvalue weighted by Crippen LogP contribution is -2.41. The Bertz CT molecular complexity index is 474. The summed E-state index contributed by atoms with van der Waals surface area (Å²) < 4.78 is 3.83. The van der Waals surface area contributed by atoms with Crippen molar-refractivity contribution in [2.45, 2.75) is 19.9 Å². The second kappa shape index (κ2) is 7.52. The van der Waals surface area contributed by atoms with E-state index in [4.69, 9.17) is 5.11 Å². The number of benzene rings is 1. The lowest BCUT2D eigenvalue weighted by molar-refractivity contribution is -0.140. The number of carbonyl (C=O) groups is 2. The van der Waals surface area contributed by atoms with E-state index in [0.717, 1.165) is 17.5 Å². The van der Waals surface area contributed by atoms with Crippen molar-refractivity contribution < 1.29 is 14.7 Å². The Kier molecular flexibility index (Phi) is 6.01. The van der Waals surface area contributed by atoms with Gasteiger partial charge >= 0.3 is 5.97 Å². The molecule has 1 amide bonds. The third-order valence-electron chi connectivity index (χ3n) is 2.16. The number of aliphatic carboxylic acids is 1. The van der Waals surface area contributed by atoms with E-state index >= 15 is 0 Å². The zero-order chi connectivity index (χ0) is 14.3. The van der Waals surface area contributed by atoms with Gasteiger partial charge in [-0.15, -0.1) is 9.63 Å². The maximum absolute atomic E-state index is 10.8. The average Bonchev–Trinajstić information content (AvgIpc) is 2.34. The molecule has 0 aliphatic carbocycles. The van der Waals surface area contributed by atoms with Gasteiger partial charge in [0.2, 0.25) is 5.91 Å². The van der Waals surface area contributed by atoms with Crippen LogP contribution in [-0.2, 0) is 9.59 Å². The summed E-state index contributed by atoms with van der Waals surface area (Å²) in [7, 11) is 0. The first-order valence-electron chi connectivity index (χ1n) is 5.58. The number of hydrogen-bond donors (Lipinski definition) is 2. The van der Waals surface area contributed by atoms with E-state index in [1.54, 1.807) is 0 Å². The number of carbonyl (C=O) groups excluding carboxylic acids is 1. The Labute approximate surface area is 115 Å². The molecule has 0 aliphatic rings. The van der Waals surface area contributed by atoms with E-state index in [2.05, 4.69) is 15.0 Å². The molecule has 102 valence electrons. The van der Waals surface area contributed by atoms with Crippen molar-refractivity contribution in [3.63, 3.8) is 0 Å². The Morgan fingerprint density at radius 3 is 2.53 bits per heavy atom. The molecule has 1 unspecified atom stereocenters. The largest absolute Gasteiger partial charge is 0.480 e. The second-order valence-corrected chi connectivity index (χ2v) is 4.66. The molecule has 0 aliphatic heterocycles. The van der Waals surface area contributed by atoms with Crippen LogP contribution < -0.4 is 5.32 Å². The number of carboxylic acid groups (broad SMARTS) is 1. The third kappa shape index (κ3) is 6.01. The van der Waals surface area contributed by atoms with E-state index in [9.17, 15) is 9.59 Å². The molecule has 0 heterocycles. The molecule has 1 aromatic rings. The Hall–Kier alpha value is -1.89. The molecule has 0 aromatic heterocycles. The summed E-state index contributed by atoms with van der Waals surface area (Å²) in [6.45, 7) is 3.25. The Balaban J connectivity index is 2.45. The lowest BCUT2D eigenvalue weighted by atomic mass is 10.2. The minimum absolute atomic E-state index is 0.129. The monoisotopic (exact) mass is 281 g/mol. The van der Waals surface area contributed by atoms with Crippen LogP contribution in [0.4, 0.5) is 5.69 Å². The Morgan fingerprint density at radius 1 is 1.37 bits per heavy atom. The summed E-state index contributed by atoms with van der Waals surface area (Å²) >= 11 is 0.993. The van der Waals surface area contributed by atoms with Crippen molar-refractivity contribution in [3.05, 3.63) is 29.8 Å². The molecule has 1 aromatic carbocycles. The average molecular weight is 281 g/mol. The van der Waals surface area contributed by atoms with Crippen LogP contribution in [0.15, 0.2) is 33.9 Å². The van der Waals surface area contributed by atoms with E-state index in [1.165, 1.54) is 6.92 Å². The number of rotatable bonds is 6. The van der Waals surface area contributed by atoms with Crippen LogP contribution in [0.5, 0.6) is 0 Å². The van der Waals surface area contributed by atoms with Crippen molar-refractivity contribution in [1.29, 1.82) is 0 Å². The third-order valence-corrected chi connectivity index (χ3v) is 2.84. The van der Waals surface area contributed by atoms with Crippen LogP contribution in [0, 0.1) is 6.92 Å². The van der Waals surface area contributed by atoms with Crippen LogP contribution in [-0.4, -0.2) is 28.8 Å². The highest BCUT2D eigenvalue weighted by atomic mass is 32.2. The van der Waals surface area contributed by atoms with Gasteiger partial charge in [0.25, 0.3) is 0 Å². The van der Waals surface area contributed by atoms with Gasteiger partial charge in [0, 0.05) is 24.6 Å². The van der Waals surface area contributed by atoms with E-state index in [0.29, 0.717) is 5.69 Å². The van der Waals surface area contributed by atoms with Crippen LogP contribution in [0.25, 0.3) is 0 Å². The molecule has 6 nitrogen and oxygen atoms in total. The first-order chi connectivity index (χ1) is 8.99. The Morgan fingerprint density at radius 2 is 2.00 bits per heavy atom. The van der Waals surface area contributed by atoms with Crippen molar-refractivity contribution in [2.24, 2.45) is 9.63 Å². The molecular formula is C12H15N3O3S. The van der Waals surface area contributed by atoms with E-state index in [1.807, 2.05) is 31.2 Å². The molecule has 0 spiro atoms. The van der Waals surface area contributed by atoms with Crippen LogP contribution in [0.1, 0.15) is 12.5 Å². The summed E-state index contributed by atoms with van der Waals surface area (Å²) in [5, 5.41) is 15.1. The fraction of sp³-hybridized carbons (Fsp3) is 0.333. The molecule has 7 heteroatoms. The molecule has 0 fully saturated rings. The number of amides is 1. The highest BCUT2D eigenvalue weighted by Crippen LogP contribution is 2.16. The molecule has 1 rings (SSSR count). The lowest BCUT2D eigenvalue weighted by Gasteiger charge is -2.10. The molecule has 2 N–H and O–H groups in total. The topological polar surface area (TPSA) is 91.1 Å². The van der Waals surface area contributed by atoms with Crippen molar-refractivity contribution in [2.75, 3.05) is 5.75 Å². The predicted octanol–water partition coefficient (Wildman–Crippen LogP) is 2.32. The number of aryl methyl sites for hydroxylation is 1. The van der Waals surface area contributed by atoms with Gasteiger partial charge in [-0.1, -0.05) is 17.7 Å². The van der Waals surface area contributed by atoms with Crippen molar-refractivity contribution in [1.82, 2.24) is 5.32 Å². The molecule has 0 saturated carbocycles. The molecule has 0 radical (unpaired) electrons. The van der Waals surface area contributed by atoms with Gasteiger partial charge in [0.15, 0.2) is 0 Å². The maximum atomic E-state index is 10.8. The van der Waals surface area contributed by atoms with E-state index < -0.39 is 12.0 Å². The van der Waals surface area contributed by atoms with Crippen LogP contribution >= 0.6 is 11.9 Å². The zero-order valence-corrected chi connectivity index (χ0v) is 11.5. The fourth-order valence-electron chi connectivity index (χ4n) is 1.22. The van der Waals surface area contributed by atoms with Crippen LogP contribution in [0.3, 0.4) is 0 Å². The minimum atomic E-state index is -1.09. The summed E-state index contributed by atoms with van der Waals surface area (Å²) in [6, 6.07) is 6.51. The summed E-state index contributed by atoms with van der Waals surface area (Å²) in [5.74, 6) is -1.35. The number of hydrogen-bond acceptors (Lipinski definition) is 5. The zero-order valence-electron chi connectivity index (χ0n) is 10.7. The van der Waals surface area contributed by atoms with Gasteiger partial charge in [-0.2, -0.15) is 0 Å². The smallest absolute Gasteiger partial charge is 0.327 e. The first-order valence-corrected chi connectivity index (χ1v) is 6.53. The molecular weight excluding hydrogens is 266 g/mol. The summed E-state index contributed by atoms with van der Waals surface area (Å²) in [4.78, 5) is 21.6. The van der Waals surface area contributed by atoms with Gasteiger partial charge in [-0.05, 0) is 19.1 Å². The number of nitrogens with zero attached hydrogens (tertiary/aromatic N) is 2. The maximum Gasteiger partial charge on any atom is 0.327 e. The number of nitrogens with one attached hydrogen (secondary N) is 1. The highest BCUT2D eigenvalue weighted by Gasteiger charge is 2.17. The quantitative estimate of drug-likeness (QED) is 0.618.